The van der Waals surface area contributed by atoms with Crippen LogP contribution >= 0.6 is 22.9 Å². The predicted octanol–water partition coefficient (Wildman–Crippen LogP) is 1.43. The van der Waals surface area contributed by atoms with Crippen LogP contribution < -0.4 is 0 Å². The maximum Gasteiger partial charge on any atom is 0.215 e. The van der Waals surface area contributed by atoms with Gasteiger partial charge in [-0.3, -0.25) is 4.90 Å². The number of rotatable bonds is 5. The fraction of sp³-hybridized carbons (Fsp3) is 0.636. The molecule has 2 heterocycles. The zero-order valence-electron chi connectivity index (χ0n) is 10.1. The molecule has 0 spiro atoms. The van der Waals surface area contributed by atoms with Crippen LogP contribution in [0.2, 0.25) is 0 Å². The van der Waals surface area contributed by atoms with E-state index in [1.54, 1.807) is 15.6 Å². The predicted molar refractivity (Wildman–Crippen MR) is 75.7 cm³/mol. The van der Waals surface area contributed by atoms with E-state index >= 15 is 0 Å². The summed E-state index contributed by atoms with van der Waals surface area (Å²) in [6.07, 6.45) is 0. The second kappa shape index (κ2) is 6.34. The number of thiophene rings is 1. The highest BCUT2D eigenvalue weighted by Gasteiger charge is 2.26. The van der Waals surface area contributed by atoms with E-state index in [-0.39, 0.29) is 11.6 Å². The van der Waals surface area contributed by atoms with Crippen molar-refractivity contribution in [3.05, 3.63) is 22.4 Å². The molecule has 1 aromatic rings. The first-order valence-corrected chi connectivity index (χ1v) is 8.93. The van der Waals surface area contributed by atoms with Gasteiger partial charge in [0.1, 0.15) is 0 Å². The summed E-state index contributed by atoms with van der Waals surface area (Å²) < 4.78 is 25.2. The standard InChI is InChI=1S/C11H17ClN2O2S2/c12-3-9-18(15,16)14-6-4-13(5-7-14)10-11-2-1-8-17-11/h1-2,8H,3-7,9-10H2. The summed E-state index contributed by atoms with van der Waals surface area (Å²) >= 11 is 7.25. The zero-order chi connectivity index (χ0) is 13.0. The van der Waals surface area contributed by atoms with Crippen LogP contribution in [0, 0.1) is 0 Å². The van der Waals surface area contributed by atoms with Crippen molar-refractivity contribution >= 4 is 33.0 Å². The zero-order valence-corrected chi connectivity index (χ0v) is 12.5. The molecule has 0 aliphatic carbocycles. The Balaban J connectivity index is 1.84. The van der Waals surface area contributed by atoms with Gasteiger partial charge in [-0.2, -0.15) is 4.31 Å². The molecular weight excluding hydrogens is 292 g/mol. The van der Waals surface area contributed by atoms with Gasteiger partial charge in [-0.15, -0.1) is 22.9 Å². The maximum absolute atomic E-state index is 11.8. The first-order valence-electron chi connectivity index (χ1n) is 5.90. The topological polar surface area (TPSA) is 40.6 Å². The molecule has 18 heavy (non-hydrogen) atoms. The van der Waals surface area contributed by atoms with Crippen LogP contribution in [0.25, 0.3) is 0 Å². The highest BCUT2D eigenvalue weighted by Crippen LogP contribution is 2.15. The molecule has 0 N–H and O–H groups in total. The largest absolute Gasteiger partial charge is 0.296 e. The van der Waals surface area contributed by atoms with Crippen molar-refractivity contribution in [3.8, 4) is 0 Å². The van der Waals surface area contributed by atoms with Crippen LogP contribution in [0.5, 0.6) is 0 Å². The normalized spacial score (nSPS) is 19.2. The third kappa shape index (κ3) is 3.68. The van der Waals surface area contributed by atoms with Crippen molar-refractivity contribution in [2.75, 3.05) is 37.8 Å². The van der Waals surface area contributed by atoms with Crippen LogP contribution in [-0.4, -0.2) is 55.4 Å². The molecule has 4 nitrogen and oxygen atoms in total. The highest BCUT2D eigenvalue weighted by atomic mass is 35.5. The van der Waals surface area contributed by atoms with E-state index in [0.29, 0.717) is 13.1 Å². The summed E-state index contributed by atoms with van der Waals surface area (Å²) in [6.45, 7) is 3.65. The number of hydrogen-bond acceptors (Lipinski definition) is 4. The van der Waals surface area contributed by atoms with Crippen LogP contribution in [0.4, 0.5) is 0 Å². The monoisotopic (exact) mass is 308 g/mol. The first kappa shape index (κ1) is 14.3. The Morgan fingerprint density at radius 1 is 1.28 bits per heavy atom. The minimum atomic E-state index is -3.14. The fourth-order valence-corrected chi connectivity index (χ4v) is 4.52. The molecule has 1 fully saturated rings. The third-order valence-electron chi connectivity index (χ3n) is 3.02. The Hall–Kier alpha value is -0.140. The lowest BCUT2D eigenvalue weighted by atomic mass is 10.3. The van der Waals surface area contributed by atoms with Crippen LogP contribution in [0.3, 0.4) is 0 Å². The van der Waals surface area contributed by atoms with Crippen LogP contribution in [0.1, 0.15) is 4.88 Å². The number of alkyl halides is 1. The Bertz CT molecular complexity index is 453. The summed E-state index contributed by atoms with van der Waals surface area (Å²) in [5.74, 6) is 0.206. The summed E-state index contributed by atoms with van der Waals surface area (Å²) in [6, 6.07) is 4.16. The molecule has 1 aromatic heterocycles. The average molecular weight is 309 g/mol. The van der Waals surface area contributed by atoms with Crippen molar-refractivity contribution in [2.45, 2.75) is 6.54 Å². The third-order valence-corrected chi connectivity index (χ3v) is 6.17. The van der Waals surface area contributed by atoms with Crippen LogP contribution in [0.15, 0.2) is 17.5 Å². The molecule has 0 bridgehead atoms. The van der Waals surface area contributed by atoms with Gasteiger partial charge in [-0.05, 0) is 11.4 Å². The molecule has 0 amide bonds. The number of piperazine rings is 1. The number of halogens is 1. The summed E-state index contributed by atoms with van der Waals surface area (Å²) in [5.41, 5.74) is 0. The van der Waals surface area contributed by atoms with Crippen molar-refractivity contribution in [1.82, 2.24) is 9.21 Å². The molecule has 102 valence electrons. The van der Waals surface area contributed by atoms with E-state index in [1.807, 2.05) is 6.07 Å². The summed E-state index contributed by atoms with van der Waals surface area (Å²) in [5, 5.41) is 2.07. The summed E-state index contributed by atoms with van der Waals surface area (Å²) in [7, 11) is -3.14. The smallest absolute Gasteiger partial charge is 0.215 e. The van der Waals surface area contributed by atoms with Crippen molar-refractivity contribution in [2.24, 2.45) is 0 Å². The van der Waals surface area contributed by atoms with Gasteiger partial charge in [-0.1, -0.05) is 6.07 Å². The number of nitrogens with zero attached hydrogens (tertiary/aromatic N) is 2. The molecule has 0 atom stereocenters. The molecule has 1 aliphatic rings. The second-order valence-corrected chi connectivity index (χ2v) is 7.76. The van der Waals surface area contributed by atoms with E-state index in [2.05, 4.69) is 16.3 Å². The van der Waals surface area contributed by atoms with Crippen molar-refractivity contribution in [3.63, 3.8) is 0 Å². The van der Waals surface area contributed by atoms with Gasteiger partial charge in [0, 0.05) is 43.5 Å². The van der Waals surface area contributed by atoms with Gasteiger partial charge in [0.2, 0.25) is 10.0 Å². The molecular formula is C11H17ClN2O2S2. The lowest BCUT2D eigenvalue weighted by molar-refractivity contribution is 0.183. The molecule has 0 radical (unpaired) electrons. The van der Waals surface area contributed by atoms with Gasteiger partial charge >= 0.3 is 0 Å². The minimum Gasteiger partial charge on any atom is -0.296 e. The quantitative estimate of drug-likeness (QED) is 0.773. The number of sulfonamides is 1. The molecule has 7 heteroatoms. The number of hydrogen-bond donors (Lipinski definition) is 0. The molecule has 2 rings (SSSR count). The molecule has 0 unspecified atom stereocenters. The van der Waals surface area contributed by atoms with Gasteiger partial charge in [0.25, 0.3) is 0 Å². The van der Waals surface area contributed by atoms with Gasteiger partial charge in [-0.25, -0.2) is 8.42 Å². The summed E-state index contributed by atoms with van der Waals surface area (Å²) in [4.78, 5) is 3.62. The van der Waals surface area contributed by atoms with Crippen LogP contribution in [-0.2, 0) is 16.6 Å². The van der Waals surface area contributed by atoms with E-state index in [0.717, 1.165) is 19.6 Å². The van der Waals surface area contributed by atoms with Gasteiger partial charge < -0.3 is 0 Å². The Kier molecular flexibility index (Phi) is 5.03. The minimum absolute atomic E-state index is 0.0412. The van der Waals surface area contributed by atoms with E-state index in [9.17, 15) is 8.42 Å². The van der Waals surface area contributed by atoms with Crippen molar-refractivity contribution < 1.29 is 8.42 Å². The second-order valence-electron chi connectivity index (χ2n) is 4.26. The van der Waals surface area contributed by atoms with Gasteiger partial charge in [0.05, 0.1) is 5.75 Å². The van der Waals surface area contributed by atoms with E-state index in [4.69, 9.17) is 11.6 Å². The average Bonchev–Trinajstić information content (AvgIpc) is 2.82. The van der Waals surface area contributed by atoms with Crippen molar-refractivity contribution in [1.29, 1.82) is 0 Å². The lowest BCUT2D eigenvalue weighted by Gasteiger charge is -2.33. The maximum atomic E-state index is 11.8. The first-order chi connectivity index (χ1) is 8.62. The lowest BCUT2D eigenvalue weighted by Crippen LogP contribution is -2.48. The molecule has 1 aliphatic heterocycles. The highest BCUT2D eigenvalue weighted by molar-refractivity contribution is 7.89. The van der Waals surface area contributed by atoms with E-state index < -0.39 is 10.0 Å². The van der Waals surface area contributed by atoms with Gasteiger partial charge in [0.15, 0.2) is 0 Å². The Labute approximate surface area is 117 Å². The van der Waals surface area contributed by atoms with E-state index in [1.165, 1.54) is 4.88 Å². The SMILES string of the molecule is O=S(=O)(CCCl)N1CCN(Cc2cccs2)CC1. The fourth-order valence-electron chi connectivity index (χ4n) is 2.02. The Morgan fingerprint density at radius 3 is 2.56 bits per heavy atom. The molecule has 0 aromatic carbocycles. The molecule has 1 saturated heterocycles. The molecule has 0 saturated carbocycles. The Morgan fingerprint density at radius 2 is 2.00 bits per heavy atom.